The van der Waals surface area contributed by atoms with Gasteiger partial charge < -0.3 is 20.8 Å². The van der Waals surface area contributed by atoms with E-state index in [0.717, 1.165) is 16.7 Å². The fourth-order valence-corrected chi connectivity index (χ4v) is 5.55. The molecule has 0 radical (unpaired) electrons. The number of nitrogens with zero attached hydrogens (tertiary/aromatic N) is 1. The van der Waals surface area contributed by atoms with Crippen LogP contribution in [0.2, 0.25) is 0 Å². The summed E-state index contributed by atoms with van der Waals surface area (Å²) in [5.74, 6) is -2.14. The summed E-state index contributed by atoms with van der Waals surface area (Å²) in [6.45, 7) is 6.81. The molecule has 2 aromatic heterocycles. The topological polar surface area (TPSA) is 206 Å². The molecule has 0 saturated heterocycles. The third kappa shape index (κ3) is 8.79. The molecule has 2 aromatic carbocycles. The van der Waals surface area contributed by atoms with Crippen LogP contribution in [0.3, 0.4) is 0 Å². The summed E-state index contributed by atoms with van der Waals surface area (Å²) < 4.78 is 32.6. The van der Waals surface area contributed by atoms with Crippen LogP contribution in [0.15, 0.2) is 64.4 Å². The molecule has 14 heteroatoms. The zero-order valence-electron chi connectivity index (χ0n) is 25.4. The van der Waals surface area contributed by atoms with Crippen molar-refractivity contribution in [2.24, 2.45) is 0 Å². The highest BCUT2D eigenvalue weighted by Crippen LogP contribution is 2.17. The molecule has 0 aliphatic carbocycles. The lowest BCUT2D eigenvalue weighted by atomic mass is 10.0. The molecule has 0 spiro atoms. The molecule has 0 saturated carbocycles. The Morgan fingerprint density at radius 3 is 2.33 bits per heavy atom. The maximum absolute atomic E-state index is 13.1. The fraction of sp³-hybridized carbons (Fsp3) is 0.323. The van der Waals surface area contributed by atoms with Gasteiger partial charge in [0, 0.05) is 18.2 Å². The van der Waals surface area contributed by atoms with Crippen molar-refractivity contribution in [3.05, 3.63) is 87.3 Å². The molecule has 4 rings (SSSR count). The van der Waals surface area contributed by atoms with E-state index in [-0.39, 0.29) is 34.8 Å². The number of H-pyrrole nitrogens is 2. The lowest BCUT2D eigenvalue weighted by molar-refractivity contribution is -0.157. The highest BCUT2D eigenvalue weighted by Gasteiger charge is 2.28. The highest BCUT2D eigenvalue weighted by atomic mass is 32.2. The Kier molecular flexibility index (Phi) is 9.76. The van der Waals surface area contributed by atoms with Crippen molar-refractivity contribution in [1.29, 1.82) is 0 Å². The van der Waals surface area contributed by atoms with E-state index < -0.39 is 39.4 Å². The number of benzene rings is 2. The number of carbonyl (C=O) groups excluding carboxylic acids is 3. The quantitative estimate of drug-likeness (QED) is 0.153. The summed E-state index contributed by atoms with van der Waals surface area (Å²) in [5, 5.41) is 3.05. The smallest absolute Gasteiger partial charge is 0.329 e. The van der Waals surface area contributed by atoms with Gasteiger partial charge in [-0.3, -0.25) is 19.4 Å². The van der Waals surface area contributed by atoms with E-state index in [9.17, 15) is 27.6 Å². The average Bonchev–Trinajstić information content (AvgIpc) is 3.36. The summed E-state index contributed by atoms with van der Waals surface area (Å²) in [7, 11) is -4.11. The van der Waals surface area contributed by atoms with Crippen LogP contribution in [0.4, 0.5) is 5.95 Å². The zero-order chi connectivity index (χ0) is 32.9. The number of aryl methyl sites for hydroxylation is 3. The maximum Gasteiger partial charge on any atom is 0.329 e. The Hall–Kier alpha value is -4.98. The predicted molar refractivity (Wildman–Crippen MR) is 168 cm³/mol. The van der Waals surface area contributed by atoms with Crippen LogP contribution >= 0.6 is 0 Å². The number of rotatable bonds is 11. The molecule has 6 N–H and O–H groups in total. The van der Waals surface area contributed by atoms with Gasteiger partial charge in [-0.25, -0.2) is 17.9 Å². The first-order valence-corrected chi connectivity index (χ1v) is 15.7. The Labute approximate surface area is 260 Å². The number of ether oxygens (including phenoxy) is 1. The van der Waals surface area contributed by atoms with Gasteiger partial charge in [0.25, 0.3) is 21.5 Å². The SMILES string of the molecule is Cc1ccc(S(=O)(=O)NC(=O)CC[C@H](NC(=O)c2ccc(CCc3c[nH]c4nc(N)[nH]c(=O)c34)cc2)C(=O)OC(C)(C)C)cc1. The third-order valence-electron chi connectivity index (χ3n) is 6.78. The standard InChI is InChI=1S/C31H36N6O7S/c1-18-5-13-22(14-6-18)45(42,43)37-24(38)16-15-23(29(41)44-31(2,3)4)34-27(39)20-10-7-19(8-11-20)9-12-21-17-33-26-25(21)28(40)36-30(32)35-26/h5-8,10-11,13-14,17,23H,9,12,15-16H2,1-4H3,(H,34,39)(H,37,38)(H4,32,33,35,36,40)/t23-/m0/s1. The van der Waals surface area contributed by atoms with Crippen LogP contribution in [0.1, 0.15) is 60.7 Å². The van der Waals surface area contributed by atoms with Crippen molar-refractivity contribution in [3.63, 3.8) is 0 Å². The van der Waals surface area contributed by atoms with Gasteiger partial charge in [-0.1, -0.05) is 29.8 Å². The molecule has 0 bridgehead atoms. The second-order valence-corrected chi connectivity index (χ2v) is 13.3. The molecule has 4 aromatic rings. The number of carbonyl (C=O) groups is 3. The van der Waals surface area contributed by atoms with Gasteiger partial charge in [0.05, 0.1) is 10.3 Å². The third-order valence-corrected chi connectivity index (χ3v) is 8.17. The molecular formula is C31H36N6O7S. The zero-order valence-corrected chi connectivity index (χ0v) is 26.2. The summed E-state index contributed by atoms with van der Waals surface area (Å²) in [6, 6.07) is 11.5. The highest BCUT2D eigenvalue weighted by molar-refractivity contribution is 7.90. The van der Waals surface area contributed by atoms with Gasteiger partial charge in [-0.2, -0.15) is 4.98 Å². The Bertz CT molecular complexity index is 1870. The van der Waals surface area contributed by atoms with Gasteiger partial charge >= 0.3 is 5.97 Å². The Morgan fingerprint density at radius 1 is 1.02 bits per heavy atom. The number of hydrogen-bond acceptors (Lipinski definition) is 9. The second-order valence-electron chi connectivity index (χ2n) is 11.6. The van der Waals surface area contributed by atoms with Crippen LogP contribution in [0, 0.1) is 6.92 Å². The van der Waals surface area contributed by atoms with E-state index >= 15 is 0 Å². The Balaban J connectivity index is 1.39. The van der Waals surface area contributed by atoms with Crippen LogP contribution in [0.25, 0.3) is 11.0 Å². The molecule has 0 aliphatic rings. The molecule has 0 unspecified atom stereocenters. The molecule has 238 valence electrons. The number of nitrogen functional groups attached to an aromatic ring is 1. The van der Waals surface area contributed by atoms with Gasteiger partial charge in [0.15, 0.2) is 0 Å². The van der Waals surface area contributed by atoms with Crippen LogP contribution in [-0.2, 0) is 37.2 Å². The van der Waals surface area contributed by atoms with Crippen LogP contribution < -0.4 is 21.3 Å². The number of amides is 2. The monoisotopic (exact) mass is 636 g/mol. The molecule has 0 fully saturated rings. The van der Waals surface area contributed by atoms with Crippen molar-refractivity contribution in [2.45, 2.75) is 69.9 Å². The first kappa shape index (κ1) is 32.9. The summed E-state index contributed by atoms with van der Waals surface area (Å²) in [5.41, 5.74) is 7.61. The Morgan fingerprint density at radius 2 is 1.69 bits per heavy atom. The molecule has 2 amide bonds. The lowest BCUT2D eigenvalue weighted by Gasteiger charge is -2.24. The second kappa shape index (κ2) is 13.3. The minimum absolute atomic E-state index is 0.0259. The number of nitrogens with one attached hydrogen (secondary N) is 4. The van der Waals surface area contributed by atoms with Crippen LogP contribution in [-0.4, -0.2) is 52.8 Å². The minimum atomic E-state index is -4.11. The maximum atomic E-state index is 13.1. The van der Waals surface area contributed by atoms with E-state index in [2.05, 4.69) is 20.3 Å². The summed E-state index contributed by atoms with van der Waals surface area (Å²) in [6.07, 6.45) is 2.25. The van der Waals surface area contributed by atoms with E-state index in [1.165, 1.54) is 12.1 Å². The van der Waals surface area contributed by atoms with Gasteiger partial charge in [-0.05, 0) is 82.3 Å². The van der Waals surface area contributed by atoms with Crippen molar-refractivity contribution in [2.75, 3.05) is 5.73 Å². The number of sulfonamides is 1. The molecule has 45 heavy (non-hydrogen) atoms. The summed E-state index contributed by atoms with van der Waals surface area (Å²) in [4.78, 5) is 60.4. The first-order valence-electron chi connectivity index (χ1n) is 14.2. The molecular weight excluding hydrogens is 600 g/mol. The van der Waals surface area contributed by atoms with Crippen molar-refractivity contribution in [1.82, 2.24) is 25.0 Å². The van der Waals surface area contributed by atoms with Crippen molar-refractivity contribution < 1.29 is 27.5 Å². The summed E-state index contributed by atoms with van der Waals surface area (Å²) >= 11 is 0. The minimum Gasteiger partial charge on any atom is -0.458 e. The molecule has 2 heterocycles. The largest absolute Gasteiger partial charge is 0.458 e. The van der Waals surface area contributed by atoms with E-state index in [0.29, 0.717) is 23.9 Å². The van der Waals surface area contributed by atoms with E-state index in [1.807, 2.05) is 4.72 Å². The number of anilines is 1. The first-order chi connectivity index (χ1) is 21.1. The molecule has 1 atom stereocenters. The number of fused-ring (bicyclic) bond motifs is 1. The number of hydrogen-bond donors (Lipinski definition) is 5. The fourth-order valence-electron chi connectivity index (χ4n) is 4.54. The van der Waals surface area contributed by atoms with Gasteiger partial charge in [0.1, 0.15) is 17.3 Å². The van der Waals surface area contributed by atoms with Gasteiger partial charge in [0.2, 0.25) is 11.9 Å². The van der Waals surface area contributed by atoms with Crippen LogP contribution in [0.5, 0.6) is 0 Å². The van der Waals surface area contributed by atoms with Crippen molar-refractivity contribution >= 4 is 44.8 Å². The number of esters is 1. The molecule has 0 aliphatic heterocycles. The number of aromatic amines is 2. The normalized spacial score (nSPS) is 12.4. The number of nitrogens with two attached hydrogens (primary N) is 1. The van der Waals surface area contributed by atoms with E-state index in [4.69, 9.17) is 10.5 Å². The lowest BCUT2D eigenvalue weighted by Crippen LogP contribution is -2.45. The van der Waals surface area contributed by atoms with Crippen molar-refractivity contribution in [3.8, 4) is 0 Å². The van der Waals surface area contributed by atoms with Gasteiger partial charge in [-0.15, -0.1) is 0 Å². The van der Waals surface area contributed by atoms with E-state index in [1.54, 1.807) is 70.3 Å². The number of aromatic nitrogens is 3. The average molecular weight is 637 g/mol. The predicted octanol–water partition coefficient (Wildman–Crippen LogP) is 2.65. The molecule has 13 nitrogen and oxygen atoms in total.